The Bertz CT molecular complexity index is 427. The molecular formula is C16H22ClNO2. The summed E-state index contributed by atoms with van der Waals surface area (Å²) in [6.45, 7) is 0.725. The van der Waals surface area contributed by atoms with E-state index < -0.39 is 5.38 Å². The highest BCUT2D eigenvalue weighted by molar-refractivity contribution is 6.30. The average Bonchev–Trinajstić information content (AvgIpc) is 2.99. The van der Waals surface area contributed by atoms with Gasteiger partial charge in [0.05, 0.1) is 7.11 Å². The molecule has 0 spiro atoms. The van der Waals surface area contributed by atoms with E-state index in [4.69, 9.17) is 16.3 Å². The molecule has 110 valence electrons. The van der Waals surface area contributed by atoms with Crippen LogP contribution in [0.4, 0.5) is 0 Å². The number of alkyl halides is 1. The zero-order chi connectivity index (χ0) is 14.4. The number of carbonyl (C=O) groups excluding carboxylic acids is 1. The molecule has 3 nitrogen and oxygen atoms in total. The largest absolute Gasteiger partial charge is 0.497 e. The summed E-state index contributed by atoms with van der Waals surface area (Å²) in [6.07, 6.45) is 6.35. The van der Waals surface area contributed by atoms with Gasteiger partial charge in [0, 0.05) is 6.54 Å². The molecule has 1 N–H and O–H groups in total. The topological polar surface area (TPSA) is 38.3 Å². The van der Waals surface area contributed by atoms with Crippen molar-refractivity contribution in [2.24, 2.45) is 5.92 Å². The molecule has 0 radical (unpaired) electrons. The summed E-state index contributed by atoms with van der Waals surface area (Å²) in [6, 6.07) is 7.28. The fraction of sp³-hybridized carbons (Fsp3) is 0.562. The molecule has 1 aromatic rings. The highest BCUT2D eigenvalue weighted by atomic mass is 35.5. The first-order chi connectivity index (χ1) is 9.70. The average molecular weight is 296 g/mol. The Kier molecular flexibility index (Phi) is 5.72. The third-order valence-corrected chi connectivity index (χ3v) is 4.42. The van der Waals surface area contributed by atoms with E-state index in [1.165, 1.54) is 25.7 Å². The van der Waals surface area contributed by atoms with Gasteiger partial charge in [-0.1, -0.05) is 37.8 Å². The SMILES string of the molecule is COc1ccc(C(Cl)C(=O)NCCC2CCCC2)cc1. The van der Waals surface area contributed by atoms with Gasteiger partial charge in [0.15, 0.2) is 0 Å². The van der Waals surface area contributed by atoms with Crippen LogP contribution in [0.2, 0.25) is 0 Å². The molecule has 0 aromatic heterocycles. The fourth-order valence-electron chi connectivity index (χ4n) is 2.71. The molecule has 1 aromatic carbocycles. The van der Waals surface area contributed by atoms with Gasteiger partial charge in [-0.3, -0.25) is 4.79 Å². The van der Waals surface area contributed by atoms with Crippen molar-refractivity contribution in [3.63, 3.8) is 0 Å². The van der Waals surface area contributed by atoms with Crippen LogP contribution in [0.15, 0.2) is 24.3 Å². The summed E-state index contributed by atoms with van der Waals surface area (Å²) < 4.78 is 5.09. The Labute approximate surface area is 125 Å². The molecule has 2 rings (SSSR count). The Morgan fingerprint density at radius 2 is 2.00 bits per heavy atom. The van der Waals surface area contributed by atoms with Gasteiger partial charge in [-0.05, 0) is 30.0 Å². The third kappa shape index (κ3) is 4.14. The van der Waals surface area contributed by atoms with E-state index in [1.54, 1.807) is 7.11 Å². The second-order valence-electron chi connectivity index (χ2n) is 5.37. The molecule has 1 amide bonds. The van der Waals surface area contributed by atoms with Gasteiger partial charge in [-0.2, -0.15) is 0 Å². The molecule has 1 fully saturated rings. The molecule has 1 saturated carbocycles. The number of carbonyl (C=O) groups is 1. The number of nitrogens with one attached hydrogen (secondary N) is 1. The summed E-state index contributed by atoms with van der Waals surface area (Å²) >= 11 is 6.19. The standard InChI is InChI=1S/C16H22ClNO2/c1-20-14-8-6-13(7-9-14)15(17)16(19)18-11-10-12-4-2-3-5-12/h6-9,12,15H,2-5,10-11H2,1H3,(H,18,19). The first-order valence-electron chi connectivity index (χ1n) is 7.26. The quantitative estimate of drug-likeness (QED) is 0.813. The maximum atomic E-state index is 12.0. The van der Waals surface area contributed by atoms with Crippen molar-refractivity contribution in [1.82, 2.24) is 5.32 Å². The molecular weight excluding hydrogens is 274 g/mol. The number of hydrogen-bond donors (Lipinski definition) is 1. The lowest BCUT2D eigenvalue weighted by Gasteiger charge is -2.13. The lowest BCUT2D eigenvalue weighted by molar-refractivity contribution is -0.120. The van der Waals surface area contributed by atoms with E-state index in [9.17, 15) is 4.79 Å². The van der Waals surface area contributed by atoms with E-state index in [0.29, 0.717) is 0 Å². The minimum Gasteiger partial charge on any atom is -0.497 e. The van der Waals surface area contributed by atoms with E-state index in [-0.39, 0.29) is 5.91 Å². The van der Waals surface area contributed by atoms with Gasteiger partial charge < -0.3 is 10.1 Å². The number of rotatable bonds is 6. The van der Waals surface area contributed by atoms with Gasteiger partial charge in [0.1, 0.15) is 11.1 Å². The first kappa shape index (κ1) is 15.2. The first-order valence-corrected chi connectivity index (χ1v) is 7.70. The summed E-state index contributed by atoms with van der Waals surface area (Å²) in [5.41, 5.74) is 0.797. The zero-order valence-corrected chi connectivity index (χ0v) is 12.7. The normalized spacial score (nSPS) is 16.9. The second-order valence-corrected chi connectivity index (χ2v) is 5.80. The highest BCUT2D eigenvalue weighted by Crippen LogP contribution is 2.27. The molecule has 1 unspecified atom stereocenters. The minimum atomic E-state index is -0.635. The predicted molar refractivity (Wildman–Crippen MR) is 81.2 cm³/mol. The number of ether oxygens (including phenoxy) is 1. The minimum absolute atomic E-state index is 0.116. The molecule has 1 aliphatic carbocycles. The Balaban J connectivity index is 1.78. The Hall–Kier alpha value is -1.22. The van der Waals surface area contributed by atoms with Crippen molar-refractivity contribution in [1.29, 1.82) is 0 Å². The molecule has 0 aliphatic heterocycles. The van der Waals surface area contributed by atoms with Gasteiger partial charge >= 0.3 is 0 Å². The smallest absolute Gasteiger partial charge is 0.242 e. The van der Waals surface area contributed by atoms with Crippen LogP contribution in [0.25, 0.3) is 0 Å². The number of benzene rings is 1. The van der Waals surface area contributed by atoms with E-state index in [2.05, 4.69) is 5.32 Å². The van der Waals surface area contributed by atoms with Gasteiger partial charge in [0.2, 0.25) is 5.91 Å². The molecule has 4 heteroatoms. The lowest BCUT2D eigenvalue weighted by atomic mass is 10.0. The summed E-state index contributed by atoms with van der Waals surface area (Å²) in [5.74, 6) is 1.43. The van der Waals surface area contributed by atoms with Gasteiger partial charge in [0.25, 0.3) is 0 Å². The molecule has 20 heavy (non-hydrogen) atoms. The molecule has 1 atom stereocenters. The predicted octanol–water partition coefficient (Wildman–Crippen LogP) is 3.67. The zero-order valence-electron chi connectivity index (χ0n) is 11.9. The number of methoxy groups -OCH3 is 1. The Morgan fingerprint density at radius 3 is 2.60 bits per heavy atom. The van der Waals surface area contributed by atoms with Crippen LogP contribution in [0.5, 0.6) is 5.75 Å². The summed E-state index contributed by atoms with van der Waals surface area (Å²) in [5, 5.41) is 2.30. The van der Waals surface area contributed by atoms with Crippen molar-refractivity contribution >= 4 is 17.5 Å². The summed E-state index contributed by atoms with van der Waals surface area (Å²) in [4.78, 5) is 12.0. The Morgan fingerprint density at radius 1 is 1.35 bits per heavy atom. The monoisotopic (exact) mass is 295 g/mol. The van der Waals surface area contributed by atoms with E-state index in [1.807, 2.05) is 24.3 Å². The summed E-state index contributed by atoms with van der Waals surface area (Å²) in [7, 11) is 1.61. The van der Waals surface area contributed by atoms with Crippen molar-refractivity contribution in [2.75, 3.05) is 13.7 Å². The van der Waals surface area contributed by atoms with Gasteiger partial charge in [-0.25, -0.2) is 0 Å². The molecule has 1 aliphatic rings. The maximum Gasteiger partial charge on any atom is 0.242 e. The third-order valence-electron chi connectivity index (χ3n) is 3.97. The second kappa shape index (κ2) is 7.53. The number of hydrogen-bond acceptors (Lipinski definition) is 2. The van der Waals surface area contributed by atoms with Gasteiger partial charge in [-0.15, -0.1) is 11.6 Å². The van der Waals surface area contributed by atoms with Crippen LogP contribution in [0.3, 0.4) is 0 Å². The highest BCUT2D eigenvalue weighted by Gasteiger charge is 2.19. The van der Waals surface area contributed by atoms with E-state index >= 15 is 0 Å². The van der Waals surface area contributed by atoms with Crippen molar-refractivity contribution in [3.8, 4) is 5.75 Å². The van der Waals surface area contributed by atoms with Crippen molar-refractivity contribution in [3.05, 3.63) is 29.8 Å². The fourth-order valence-corrected chi connectivity index (χ4v) is 2.94. The lowest BCUT2D eigenvalue weighted by Crippen LogP contribution is -2.28. The van der Waals surface area contributed by atoms with Crippen LogP contribution >= 0.6 is 11.6 Å². The molecule has 0 bridgehead atoms. The van der Waals surface area contributed by atoms with E-state index in [0.717, 1.165) is 30.2 Å². The number of amides is 1. The maximum absolute atomic E-state index is 12.0. The van der Waals surface area contributed by atoms with Crippen LogP contribution in [-0.2, 0) is 4.79 Å². The molecule has 0 heterocycles. The van der Waals surface area contributed by atoms with Crippen LogP contribution < -0.4 is 10.1 Å². The van der Waals surface area contributed by atoms with Crippen molar-refractivity contribution < 1.29 is 9.53 Å². The van der Waals surface area contributed by atoms with Crippen molar-refractivity contribution in [2.45, 2.75) is 37.5 Å². The van der Waals surface area contributed by atoms with Crippen LogP contribution in [0, 0.1) is 5.92 Å². The molecule has 0 saturated heterocycles. The van der Waals surface area contributed by atoms with Crippen LogP contribution in [0.1, 0.15) is 43.0 Å². The van der Waals surface area contributed by atoms with Crippen LogP contribution in [-0.4, -0.2) is 19.6 Å². The number of halogens is 1.